The molecule has 170 valence electrons. The van der Waals surface area contributed by atoms with Gasteiger partial charge in [0.2, 0.25) is 0 Å². The Morgan fingerprint density at radius 2 is 1.78 bits per heavy atom. The molecule has 0 amide bonds. The van der Waals surface area contributed by atoms with Gasteiger partial charge in [0.05, 0.1) is 20.9 Å². The summed E-state index contributed by atoms with van der Waals surface area (Å²) in [5.74, 6) is -0.428. The highest BCUT2D eigenvalue weighted by Gasteiger charge is 2.34. The van der Waals surface area contributed by atoms with Gasteiger partial charge < -0.3 is 4.90 Å². The molecule has 1 aliphatic rings. The van der Waals surface area contributed by atoms with Crippen molar-refractivity contribution < 1.29 is 12.8 Å². The maximum absolute atomic E-state index is 13.4. The first kappa shape index (κ1) is 23.2. The number of halogens is 2. The van der Waals surface area contributed by atoms with Gasteiger partial charge in [0, 0.05) is 24.9 Å². The largest absolute Gasteiger partial charge is 0.348 e. The minimum absolute atomic E-state index is 0.111. The van der Waals surface area contributed by atoms with E-state index in [1.165, 1.54) is 6.07 Å². The Hall–Kier alpha value is -1.96. The topological polar surface area (TPSA) is 50.3 Å². The molecular weight excluding hydrogens is 467 g/mol. The molecule has 32 heavy (non-hydrogen) atoms. The van der Waals surface area contributed by atoms with Gasteiger partial charge in [0.25, 0.3) is 0 Å². The van der Waals surface area contributed by atoms with Gasteiger partial charge in [0.1, 0.15) is 5.82 Å². The first-order valence-electron chi connectivity index (χ1n) is 10.6. The average molecular weight is 493 g/mol. The molecule has 0 aliphatic carbocycles. The lowest BCUT2D eigenvalue weighted by Gasteiger charge is -2.32. The second-order valence-electron chi connectivity index (χ2n) is 8.51. The molecule has 0 bridgehead atoms. The number of hydrogen-bond acceptors (Lipinski definition) is 5. The molecule has 0 spiro atoms. The number of anilines is 1. The zero-order valence-electron chi connectivity index (χ0n) is 18.4. The van der Waals surface area contributed by atoms with Crippen molar-refractivity contribution in [3.8, 4) is 0 Å². The van der Waals surface area contributed by atoms with Crippen LogP contribution in [0.3, 0.4) is 0 Å². The van der Waals surface area contributed by atoms with Crippen molar-refractivity contribution in [1.29, 1.82) is 0 Å². The van der Waals surface area contributed by atoms with E-state index in [-0.39, 0.29) is 10.3 Å². The third kappa shape index (κ3) is 4.70. The van der Waals surface area contributed by atoms with Crippen LogP contribution in [0.25, 0.3) is 0 Å². The smallest absolute Gasteiger partial charge is 0.185 e. The summed E-state index contributed by atoms with van der Waals surface area (Å²) in [7, 11) is -3.38. The predicted molar refractivity (Wildman–Crippen MR) is 129 cm³/mol. The Kier molecular flexibility index (Phi) is 6.61. The monoisotopic (exact) mass is 492 g/mol. The van der Waals surface area contributed by atoms with Gasteiger partial charge in [-0.1, -0.05) is 35.4 Å². The molecule has 0 unspecified atom stereocenters. The standard InChI is InChI=1S/C24H26ClFN2O2S2/c1-15-10-16(2)23(17(3)11-15)32(29,30)20-6-8-28(9-7-20)24-27-19(14-31-24)12-18-4-5-22(26)21(25)13-18/h4-5,10-11,13-14,20H,6-9,12H2,1-3H3. The fourth-order valence-electron chi connectivity index (χ4n) is 4.52. The van der Waals surface area contributed by atoms with Crippen LogP contribution in [0.4, 0.5) is 9.52 Å². The van der Waals surface area contributed by atoms with E-state index in [2.05, 4.69) is 4.90 Å². The third-order valence-corrected chi connectivity index (χ3v) is 9.75. The maximum Gasteiger partial charge on any atom is 0.185 e. The van der Waals surface area contributed by atoms with Crippen LogP contribution in [0.2, 0.25) is 5.02 Å². The number of aromatic nitrogens is 1. The van der Waals surface area contributed by atoms with Gasteiger partial charge in [-0.3, -0.25) is 0 Å². The Labute approximate surface area is 198 Å². The number of aryl methyl sites for hydroxylation is 3. The highest BCUT2D eigenvalue weighted by molar-refractivity contribution is 7.92. The van der Waals surface area contributed by atoms with Crippen molar-refractivity contribution >= 4 is 37.9 Å². The molecule has 2 aromatic carbocycles. The van der Waals surface area contributed by atoms with Crippen molar-refractivity contribution in [3.05, 3.63) is 74.5 Å². The van der Waals surface area contributed by atoms with Crippen LogP contribution < -0.4 is 4.90 Å². The maximum atomic E-state index is 13.4. The van der Waals surface area contributed by atoms with Gasteiger partial charge in [-0.25, -0.2) is 17.8 Å². The summed E-state index contributed by atoms with van der Waals surface area (Å²) < 4.78 is 40.1. The van der Waals surface area contributed by atoms with Gasteiger partial charge in [-0.15, -0.1) is 11.3 Å². The molecule has 0 saturated carbocycles. The van der Waals surface area contributed by atoms with E-state index >= 15 is 0 Å². The molecule has 4 rings (SSSR count). The second-order valence-corrected chi connectivity index (χ2v) is 11.9. The van der Waals surface area contributed by atoms with E-state index in [4.69, 9.17) is 16.6 Å². The summed E-state index contributed by atoms with van der Waals surface area (Å²) in [5.41, 5.74) is 4.54. The van der Waals surface area contributed by atoms with Crippen molar-refractivity contribution in [2.24, 2.45) is 0 Å². The molecule has 8 heteroatoms. The number of rotatable bonds is 5. The zero-order valence-corrected chi connectivity index (χ0v) is 20.7. The van der Waals surface area contributed by atoms with Gasteiger partial charge >= 0.3 is 0 Å². The number of nitrogens with zero attached hydrogens (tertiary/aromatic N) is 2. The fraction of sp³-hybridized carbons (Fsp3) is 0.375. The summed E-state index contributed by atoms with van der Waals surface area (Å²) in [5, 5.41) is 2.63. The fourth-order valence-corrected chi connectivity index (χ4v) is 7.78. The van der Waals surface area contributed by atoms with E-state index in [9.17, 15) is 12.8 Å². The minimum atomic E-state index is -3.38. The van der Waals surface area contributed by atoms with E-state index in [1.807, 2.05) is 38.3 Å². The zero-order chi connectivity index (χ0) is 23.0. The van der Waals surface area contributed by atoms with Crippen LogP contribution in [0.1, 0.15) is 40.8 Å². The van der Waals surface area contributed by atoms with Crippen LogP contribution >= 0.6 is 22.9 Å². The number of thiazole rings is 1. The highest BCUT2D eigenvalue weighted by Crippen LogP contribution is 2.32. The van der Waals surface area contributed by atoms with E-state index in [0.717, 1.165) is 33.1 Å². The van der Waals surface area contributed by atoms with Crippen molar-refractivity contribution in [3.63, 3.8) is 0 Å². The molecule has 1 aromatic heterocycles. The molecule has 0 N–H and O–H groups in total. The molecule has 1 fully saturated rings. The van der Waals surface area contributed by atoms with E-state index in [1.54, 1.807) is 23.5 Å². The molecule has 0 atom stereocenters. The predicted octanol–water partition coefficient (Wildman–Crippen LogP) is 5.89. The van der Waals surface area contributed by atoms with Crippen LogP contribution in [-0.4, -0.2) is 31.7 Å². The summed E-state index contributed by atoms with van der Waals surface area (Å²) in [6.07, 6.45) is 1.74. The number of sulfone groups is 1. The molecular formula is C24H26ClFN2O2S2. The molecule has 4 nitrogen and oxygen atoms in total. The van der Waals surface area contributed by atoms with Crippen molar-refractivity contribution in [1.82, 2.24) is 4.98 Å². The van der Waals surface area contributed by atoms with Gasteiger partial charge in [0.15, 0.2) is 15.0 Å². The normalized spacial score (nSPS) is 15.3. The van der Waals surface area contributed by atoms with E-state index < -0.39 is 15.7 Å². The molecule has 0 radical (unpaired) electrons. The van der Waals surface area contributed by atoms with E-state index in [0.29, 0.717) is 37.2 Å². The molecule has 3 aromatic rings. The van der Waals surface area contributed by atoms with Gasteiger partial charge in [-0.2, -0.15) is 0 Å². The summed E-state index contributed by atoms with van der Waals surface area (Å²) >= 11 is 7.43. The van der Waals surface area contributed by atoms with Crippen LogP contribution in [0.15, 0.2) is 40.6 Å². The molecule has 2 heterocycles. The minimum Gasteiger partial charge on any atom is -0.348 e. The average Bonchev–Trinajstić information content (AvgIpc) is 3.18. The third-order valence-electron chi connectivity index (χ3n) is 5.95. The lowest BCUT2D eigenvalue weighted by Crippen LogP contribution is -2.39. The number of benzene rings is 2. The second kappa shape index (κ2) is 9.12. The number of piperidine rings is 1. The Morgan fingerprint density at radius 1 is 1.12 bits per heavy atom. The van der Waals surface area contributed by atoms with Crippen molar-refractivity contribution in [2.45, 2.75) is 50.2 Å². The summed E-state index contributed by atoms with van der Waals surface area (Å²) in [6.45, 7) is 7.06. The van der Waals surface area contributed by atoms with Crippen LogP contribution in [0, 0.1) is 26.6 Å². The summed E-state index contributed by atoms with van der Waals surface area (Å²) in [6, 6.07) is 8.60. The Bertz CT molecular complexity index is 1230. The number of hydrogen-bond donors (Lipinski definition) is 0. The Morgan fingerprint density at radius 3 is 2.41 bits per heavy atom. The molecule has 1 saturated heterocycles. The Balaban J connectivity index is 1.43. The van der Waals surface area contributed by atoms with Gasteiger partial charge in [-0.05, 0) is 62.4 Å². The first-order chi connectivity index (χ1) is 15.1. The molecule has 1 aliphatic heterocycles. The van der Waals surface area contributed by atoms with Crippen molar-refractivity contribution in [2.75, 3.05) is 18.0 Å². The summed E-state index contributed by atoms with van der Waals surface area (Å²) in [4.78, 5) is 7.38. The van der Waals surface area contributed by atoms with Crippen LogP contribution in [-0.2, 0) is 16.3 Å². The SMILES string of the molecule is Cc1cc(C)c(S(=O)(=O)C2CCN(c3nc(Cc4ccc(F)c(Cl)c4)cs3)CC2)c(C)c1. The first-order valence-corrected chi connectivity index (χ1v) is 13.4. The van der Waals surface area contributed by atoms with Crippen LogP contribution in [0.5, 0.6) is 0 Å². The lowest BCUT2D eigenvalue weighted by molar-refractivity contribution is 0.528. The quantitative estimate of drug-likeness (QED) is 0.445. The lowest BCUT2D eigenvalue weighted by atomic mass is 10.1. The highest BCUT2D eigenvalue weighted by atomic mass is 35.5.